The first kappa shape index (κ1) is 7.13. The molecule has 0 aliphatic carbocycles. The molecule has 0 radical (unpaired) electrons. The molecule has 0 saturated carbocycles. The van der Waals surface area contributed by atoms with Crippen molar-refractivity contribution in [2.24, 2.45) is 5.90 Å². The van der Waals surface area contributed by atoms with Crippen LogP contribution in [0.25, 0.3) is 0 Å². The van der Waals surface area contributed by atoms with E-state index in [1.165, 1.54) is 6.08 Å². The van der Waals surface area contributed by atoms with Gasteiger partial charge in [0.05, 0.1) is 6.61 Å². The Balaban J connectivity index is 3.20. The average Bonchev–Trinajstić information content (AvgIpc) is 1.66. The minimum absolute atomic E-state index is 0.131. The molecule has 4 nitrogen and oxygen atoms in total. The monoisotopic (exact) mass is 117 g/mol. The fraction of sp³-hybridized carbons (Fsp3) is 0.250. The maximum atomic E-state index is 9.69. The minimum Gasteiger partial charge on any atom is -0.478 e. The average molecular weight is 117 g/mol. The molecule has 0 bridgehead atoms. The summed E-state index contributed by atoms with van der Waals surface area (Å²) in [6.07, 6.45) is 2.27. The molecule has 0 aromatic rings. The van der Waals surface area contributed by atoms with Gasteiger partial charge in [-0.25, -0.2) is 10.7 Å². The third kappa shape index (κ3) is 5.13. The molecule has 4 heteroatoms. The van der Waals surface area contributed by atoms with E-state index in [9.17, 15) is 4.79 Å². The predicted octanol–water partition coefficient (Wildman–Crippen LogP) is -0.482. The first-order valence-electron chi connectivity index (χ1n) is 1.98. The van der Waals surface area contributed by atoms with E-state index in [1.807, 2.05) is 0 Å². The summed E-state index contributed by atoms with van der Waals surface area (Å²) in [5.74, 6) is 3.57. The number of nitrogens with two attached hydrogens (primary N) is 1. The number of hydrogen-bond acceptors (Lipinski definition) is 3. The fourth-order valence-electron chi connectivity index (χ4n) is 0.204. The van der Waals surface area contributed by atoms with Crippen LogP contribution in [0, 0.1) is 0 Å². The molecule has 0 amide bonds. The van der Waals surface area contributed by atoms with Crippen LogP contribution in [0.4, 0.5) is 0 Å². The second-order valence-corrected chi connectivity index (χ2v) is 1.07. The normalized spacial score (nSPS) is 10.1. The number of carboxylic acid groups (broad SMARTS) is 1. The summed E-state index contributed by atoms with van der Waals surface area (Å²) in [5.41, 5.74) is 0. The van der Waals surface area contributed by atoms with E-state index >= 15 is 0 Å². The van der Waals surface area contributed by atoms with Crippen LogP contribution in [0.2, 0.25) is 0 Å². The number of rotatable bonds is 3. The Bertz CT molecular complexity index is 99.5. The molecule has 0 aliphatic rings. The van der Waals surface area contributed by atoms with Gasteiger partial charge in [0.25, 0.3) is 0 Å². The molecule has 0 saturated heterocycles. The highest BCUT2D eigenvalue weighted by atomic mass is 16.6. The molecule has 0 rings (SSSR count). The van der Waals surface area contributed by atoms with Crippen LogP contribution >= 0.6 is 0 Å². The van der Waals surface area contributed by atoms with Crippen molar-refractivity contribution in [3.63, 3.8) is 0 Å². The molecule has 0 fully saturated rings. The smallest absolute Gasteiger partial charge is 0.328 e. The van der Waals surface area contributed by atoms with Crippen molar-refractivity contribution < 1.29 is 14.7 Å². The molecule has 0 spiro atoms. The molecule has 0 atom stereocenters. The van der Waals surface area contributed by atoms with Crippen LogP contribution in [0.15, 0.2) is 12.2 Å². The zero-order valence-corrected chi connectivity index (χ0v) is 4.20. The van der Waals surface area contributed by atoms with Gasteiger partial charge in [-0.05, 0) is 6.08 Å². The van der Waals surface area contributed by atoms with Gasteiger partial charge in [0.1, 0.15) is 0 Å². The number of carboxylic acids is 1. The highest BCUT2D eigenvalue weighted by molar-refractivity contribution is 5.79. The van der Waals surface area contributed by atoms with Crippen molar-refractivity contribution in [1.82, 2.24) is 0 Å². The lowest BCUT2D eigenvalue weighted by molar-refractivity contribution is -0.131. The molecule has 0 aromatic carbocycles. The lowest BCUT2D eigenvalue weighted by atomic mass is 10.5. The van der Waals surface area contributed by atoms with Crippen LogP contribution in [0.5, 0.6) is 0 Å². The van der Waals surface area contributed by atoms with E-state index in [0.29, 0.717) is 0 Å². The predicted molar refractivity (Wildman–Crippen MR) is 26.9 cm³/mol. The minimum atomic E-state index is -0.998. The molecule has 3 N–H and O–H groups in total. The van der Waals surface area contributed by atoms with Crippen molar-refractivity contribution in [2.45, 2.75) is 0 Å². The number of aliphatic carboxylic acids is 1. The second kappa shape index (κ2) is 4.29. The quantitative estimate of drug-likeness (QED) is 0.386. The van der Waals surface area contributed by atoms with Crippen molar-refractivity contribution >= 4 is 5.97 Å². The second-order valence-electron chi connectivity index (χ2n) is 1.07. The third-order valence-corrected chi connectivity index (χ3v) is 0.453. The SMILES string of the molecule is NOCC=CC(=O)O. The largest absolute Gasteiger partial charge is 0.478 e. The first-order valence-corrected chi connectivity index (χ1v) is 1.98. The van der Waals surface area contributed by atoms with Gasteiger partial charge in [0.2, 0.25) is 0 Å². The van der Waals surface area contributed by atoms with Gasteiger partial charge in [-0.3, -0.25) is 0 Å². The molecule has 0 aromatic heterocycles. The van der Waals surface area contributed by atoms with Crippen LogP contribution in [0.1, 0.15) is 0 Å². The van der Waals surface area contributed by atoms with Gasteiger partial charge < -0.3 is 9.94 Å². The van der Waals surface area contributed by atoms with E-state index in [0.717, 1.165) is 6.08 Å². The standard InChI is InChI=1S/C4H7NO3/c5-8-3-1-2-4(6)7/h1-2H,3,5H2,(H,6,7). The van der Waals surface area contributed by atoms with E-state index in [-0.39, 0.29) is 6.61 Å². The Hall–Kier alpha value is -0.870. The van der Waals surface area contributed by atoms with Crippen LogP contribution in [-0.4, -0.2) is 17.7 Å². The zero-order valence-electron chi connectivity index (χ0n) is 4.20. The summed E-state index contributed by atoms with van der Waals surface area (Å²) >= 11 is 0. The molecule has 0 aliphatic heterocycles. The first-order chi connectivity index (χ1) is 3.77. The third-order valence-electron chi connectivity index (χ3n) is 0.453. The summed E-state index contributed by atoms with van der Waals surface area (Å²) < 4.78 is 0. The van der Waals surface area contributed by atoms with Crippen molar-refractivity contribution in [1.29, 1.82) is 0 Å². The Morgan fingerprint density at radius 2 is 2.50 bits per heavy atom. The molecular formula is C4H7NO3. The van der Waals surface area contributed by atoms with E-state index < -0.39 is 5.97 Å². The maximum Gasteiger partial charge on any atom is 0.328 e. The van der Waals surface area contributed by atoms with Crippen LogP contribution < -0.4 is 5.90 Å². The van der Waals surface area contributed by atoms with E-state index in [1.54, 1.807) is 0 Å². The summed E-state index contributed by atoms with van der Waals surface area (Å²) in [4.78, 5) is 13.7. The van der Waals surface area contributed by atoms with Gasteiger partial charge in [-0.2, -0.15) is 0 Å². The topological polar surface area (TPSA) is 72.5 Å². The van der Waals surface area contributed by atoms with Gasteiger partial charge in [-0.15, -0.1) is 0 Å². The Morgan fingerprint density at radius 1 is 1.88 bits per heavy atom. The number of carbonyl (C=O) groups is 1. The lowest BCUT2D eigenvalue weighted by Crippen LogP contribution is -1.98. The Kier molecular flexibility index (Phi) is 3.83. The summed E-state index contributed by atoms with van der Waals surface area (Å²) in [6.45, 7) is 0.131. The molecule has 46 valence electrons. The van der Waals surface area contributed by atoms with Gasteiger partial charge in [0.15, 0.2) is 0 Å². The summed E-state index contributed by atoms with van der Waals surface area (Å²) in [7, 11) is 0. The highest BCUT2D eigenvalue weighted by Crippen LogP contribution is 1.70. The van der Waals surface area contributed by atoms with Crippen molar-refractivity contribution in [3.8, 4) is 0 Å². The molecule has 0 heterocycles. The van der Waals surface area contributed by atoms with Crippen molar-refractivity contribution in [3.05, 3.63) is 12.2 Å². The maximum absolute atomic E-state index is 9.69. The van der Waals surface area contributed by atoms with E-state index in [4.69, 9.17) is 5.11 Å². The molecule has 0 unspecified atom stereocenters. The number of hydrogen-bond donors (Lipinski definition) is 2. The highest BCUT2D eigenvalue weighted by Gasteiger charge is 1.81. The molecule has 8 heavy (non-hydrogen) atoms. The van der Waals surface area contributed by atoms with Crippen LogP contribution in [0.3, 0.4) is 0 Å². The summed E-state index contributed by atoms with van der Waals surface area (Å²) in [5, 5.41) is 7.96. The fourth-order valence-corrected chi connectivity index (χ4v) is 0.204. The van der Waals surface area contributed by atoms with Gasteiger partial charge in [0, 0.05) is 6.08 Å². The zero-order chi connectivity index (χ0) is 6.41. The van der Waals surface area contributed by atoms with Gasteiger partial charge in [-0.1, -0.05) is 0 Å². The van der Waals surface area contributed by atoms with E-state index in [2.05, 4.69) is 10.7 Å². The van der Waals surface area contributed by atoms with Gasteiger partial charge >= 0.3 is 5.97 Å². The lowest BCUT2D eigenvalue weighted by Gasteiger charge is -1.82. The van der Waals surface area contributed by atoms with Crippen LogP contribution in [-0.2, 0) is 9.63 Å². The summed E-state index contributed by atoms with van der Waals surface area (Å²) in [6, 6.07) is 0. The Labute approximate surface area is 46.5 Å². The Morgan fingerprint density at radius 3 is 2.88 bits per heavy atom. The molecular weight excluding hydrogens is 110 g/mol. The van der Waals surface area contributed by atoms with Crippen molar-refractivity contribution in [2.75, 3.05) is 6.61 Å².